The topological polar surface area (TPSA) is 47.3 Å². The van der Waals surface area contributed by atoms with Crippen molar-refractivity contribution in [2.24, 2.45) is 0 Å². The Morgan fingerprint density at radius 3 is 2.73 bits per heavy atom. The smallest absolute Gasteiger partial charge is 0.0790 e. The van der Waals surface area contributed by atoms with E-state index in [2.05, 4.69) is 5.48 Å². The molecule has 0 spiro atoms. The number of anilines is 1. The van der Waals surface area contributed by atoms with Crippen LogP contribution in [0.1, 0.15) is 31.2 Å². The molecule has 0 atom stereocenters. The summed E-state index contributed by atoms with van der Waals surface area (Å²) in [5.41, 5.74) is 10.7. The summed E-state index contributed by atoms with van der Waals surface area (Å²) in [6.07, 6.45) is 5.34. The molecule has 1 saturated carbocycles. The van der Waals surface area contributed by atoms with Crippen LogP contribution in [0.2, 0.25) is 0 Å². The predicted molar refractivity (Wildman–Crippen MR) is 61.0 cm³/mol. The minimum absolute atomic E-state index is 0.398. The van der Waals surface area contributed by atoms with Gasteiger partial charge in [0.2, 0.25) is 0 Å². The van der Waals surface area contributed by atoms with Gasteiger partial charge >= 0.3 is 0 Å². The minimum Gasteiger partial charge on any atom is -0.398 e. The Hall–Kier alpha value is -1.06. The minimum atomic E-state index is 0.398. The normalized spacial score (nSPS) is 17.1. The van der Waals surface area contributed by atoms with Gasteiger partial charge in [-0.05, 0) is 24.5 Å². The Kier molecular flexibility index (Phi) is 3.59. The first kappa shape index (κ1) is 10.5. The first-order valence-electron chi connectivity index (χ1n) is 5.58. The van der Waals surface area contributed by atoms with Crippen molar-refractivity contribution in [3.05, 3.63) is 29.8 Å². The second-order valence-corrected chi connectivity index (χ2v) is 4.04. The number of nitrogens with two attached hydrogens (primary N) is 1. The van der Waals surface area contributed by atoms with E-state index in [0.29, 0.717) is 12.6 Å². The zero-order valence-electron chi connectivity index (χ0n) is 8.91. The number of hydrogen-bond donors (Lipinski definition) is 2. The molecule has 1 fully saturated rings. The van der Waals surface area contributed by atoms with Gasteiger partial charge in [-0.2, -0.15) is 5.48 Å². The van der Waals surface area contributed by atoms with Crippen molar-refractivity contribution in [3.63, 3.8) is 0 Å². The van der Waals surface area contributed by atoms with E-state index in [1.807, 2.05) is 24.3 Å². The van der Waals surface area contributed by atoms with Crippen LogP contribution in [0.25, 0.3) is 0 Å². The Labute approximate surface area is 90.6 Å². The molecule has 15 heavy (non-hydrogen) atoms. The van der Waals surface area contributed by atoms with Crippen LogP contribution >= 0.6 is 0 Å². The maximum absolute atomic E-state index is 5.82. The quantitative estimate of drug-likeness (QED) is 0.586. The Balaban J connectivity index is 1.75. The van der Waals surface area contributed by atoms with Crippen molar-refractivity contribution in [3.8, 4) is 0 Å². The van der Waals surface area contributed by atoms with Gasteiger partial charge in [-0.3, -0.25) is 4.84 Å². The lowest BCUT2D eigenvalue weighted by molar-refractivity contribution is -0.0243. The summed E-state index contributed by atoms with van der Waals surface area (Å²) >= 11 is 0. The fraction of sp³-hybridized carbons (Fsp3) is 0.500. The molecule has 1 aliphatic rings. The molecule has 0 unspecified atom stereocenters. The standard InChI is InChI=1S/C12H18N2O/c13-12-8-4-1-5-10(12)9-14-15-11-6-2-3-7-11/h1,4-5,8,11,14H,2-3,6-7,9,13H2. The van der Waals surface area contributed by atoms with Gasteiger partial charge < -0.3 is 5.73 Å². The van der Waals surface area contributed by atoms with Gasteiger partial charge in [-0.1, -0.05) is 31.0 Å². The molecule has 0 amide bonds. The molecule has 1 aliphatic carbocycles. The number of hydrogen-bond acceptors (Lipinski definition) is 3. The third-order valence-electron chi connectivity index (χ3n) is 2.87. The van der Waals surface area contributed by atoms with Crippen LogP contribution in [0, 0.1) is 0 Å². The van der Waals surface area contributed by atoms with Crippen LogP contribution in [-0.4, -0.2) is 6.10 Å². The Bertz CT molecular complexity index is 308. The molecule has 3 nitrogen and oxygen atoms in total. The second-order valence-electron chi connectivity index (χ2n) is 4.04. The lowest BCUT2D eigenvalue weighted by atomic mass is 10.2. The summed E-state index contributed by atoms with van der Waals surface area (Å²) in [6, 6.07) is 7.85. The van der Waals surface area contributed by atoms with E-state index in [0.717, 1.165) is 11.3 Å². The van der Waals surface area contributed by atoms with Crippen LogP contribution in [0.15, 0.2) is 24.3 Å². The fourth-order valence-electron chi connectivity index (χ4n) is 1.94. The van der Waals surface area contributed by atoms with E-state index in [1.165, 1.54) is 25.7 Å². The van der Waals surface area contributed by atoms with Crippen LogP contribution in [-0.2, 0) is 11.4 Å². The molecule has 0 aromatic heterocycles. The van der Waals surface area contributed by atoms with Gasteiger partial charge in [-0.15, -0.1) is 0 Å². The zero-order chi connectivity index (χ0) is 10.5. The van der Waals surface area contributed by atoms with Gasteiger partial charge in [0.05, 0.1) is 6.10 Å². The number of nitrogen functional groups attached to an aromatic ring is 1. The van der Waals surface area contributed by atoms with Crippen LogP contribution in [0.3, 0.4) is 0 Å². The van der Waals surface area contributed by atoms with Crippen molar-refractivity contribution in [1.29, 1.82) is 0 Å². The Morgan fingerprint density at radius 2 is 2.00 bits per heavy atom. The van der Waals surface area contributed by atoms with Crippen molar-refractivity contribution in [2.75, 3.05) is 5.73 Å². The molecule has 0 bridgehead atoms. The average Bonchev–Trinajstić information content (AvgIpc) is 2.74. The second kappa shape index (κ2) is 5.14. The molecular weight excluding hydrogens is 188 g/mol. The molecule has 3 N–H and O–H groups in total. The lowest BCUT2D eigenvalue weighted by Crippen LogP contribution is -2.21. The largest absolute Gasteiger partial charge is 0.398 e. The summed E-state index contributed by atoms with van der Waals surface area (Å²) in [5, 5.41) is 0. The van der Waals surface area contributed by atoms with Crippen LogP contribution < -0.4 is 11.2 Å². The van der Waals surface area contributed by atoms with E-state index in [9.17, 15) is 0 Å². The first-order valence-corrected chi connectivity index (χ1v) is 5.58. The summed E-state index contributed by atoms with van der Waals surface area (Å²) < 4.78 is 0. The number of nitrogens with one attached hydrogen (secondary N) is 1. The molecule has 2 rings (SSSR count). The molecular formula is C12H18N2O. The molecule has 0 radical (unpaired) electrons. The van der Waals surface area contributed by atoms with Crippen molar-refractivity contribution in [1.82, 2.24) is 5.48 Å². The predicted octanol–water partition coefficient (Wildman–Crippen LogP) is 2.23. The number of para-hydroxylation sites is 1. The summed E-state index contributed by atoms with van der Waals surface area (Å²) in [6.45, 7) is 0.684. The summed E-state index contributed by atoms with van der Waals surface area (Å²) in [7, 11) is 0. The average molecular weight is 206 g/mol. The highest BCUT2D eigenvalue weighted by Crippen LogP contribution is 2.20. The molecule has 3 heteroatoms. The number of hydroxylamine groups is 1. The van der Waals surface area contributed by atoms with E-state index < -0.39 is 0 Å². The van der Waals surface area contributed by atoms with Crippen LogP contribution in [0.4, 0.5) is 5.69 Å². The van der Waals surface area contributed by atoms with Crippen molar-refractivity contribution >= 4 is 5.69 Å². The lowest BCUT2D eigenvalue weighted by Gasteiger charge is -2.12. The van der Waals surface area contributed by atoms with Gasteiger partial charge in [0.1, 0.15) is 0 Å². The van der Waals surface area contributed by atoms with Crippen molar-refractivity contribution in [2.45, 2.75) is 38.3 Å². The molecule has 82 valence electrons. The Morgan fingerprint density at radius 1 is 1.27 bits per heavy atom. The highest BCUT2D eigenvalue weighted by Gasteiger charge is 2.15. The summed E-state index contributed by atoms with van der Waals surface area (Å²) in [5.74, 6) is 0. The van der Waals surface area contributed by atoms with E-state index >= 15 is 0 Å². The highest BCUT2D eigenvalue weighted by atomic mass is 16.7. The van der Waals surface area contributed by atoms with Gasteiger partial charge in [0.15, 0.2) is 0 Å². The van der Waals surface area contributed by atoms with Crippen LogP contribution in [0.5, 0.6) is 0 Å². The summed E-state index contributed by atoms with van der Waals surface area (Å²) in [4.78, 5) is 5.56. The molecule has 0 aliphatic heterocycles. The third kappa shape index (κ3) is 2.94. The van der Waals surface area contributed by atoms with E-state index in [4.69, 9.17) is 10.6 Å². The molecule has 0 saturated heterocycles. The molecule has 1 aromatic carbocycles. The number of rotatable bonds is 4. The monoisotopic (exact) mass is 206 g/mol. The maximum Gasteiger partial charge on any atom is 0.0790 e. The highest BCUT2D eigenvalue weighted by molar-refractivity contribution is 5.45. The molecule has 1 aromatic rings. The van der Waals surface area contributed by atoms with Gasteiger partial charge in [0.25, 0.3) is 0 Å². The SMILES string of the molecule is Nc1ccccc1CNOC1CCCC1. The maximum atomic E-state index is 5.82. The number of benzene rings is 1. The fourth-order valence-corrected chi connectivity index (χ4v) is 1.94. The first-order chi connectivity index (χ1) is 7.36. The van der Waals surface area contributed by atoms with Gasteiger partial charge in [0, 0.05) is 12.2 Å². The van der Waals surface area contributed by atoms with E-state index in [-0.39, 0.29) is 0 Å². The molecule has 0 heterocycles. The zero-order valence-corrected chi connectivity index (χ0v) is 8.91. The van der Waals surface area contributed by atoms with E-state index in [1.54, 1.807) is 0 Å². The third-order valence-corrected chi connectivity index (χ3v) is 2.87. The van der Waals surface area contributed by atoms with Gasteiger partial charge in [-0.25, -0.2) is 0 Å². The van der Waals surface area contributed by atoms with Crippen molar-refractivity contribution < 1.29 is 4.84 Å².